The maximum atomic E-state index is 13.4. The van der Waals surface area contributed by atoms with Gasteiger partial charge in [0.15, 0.2) is 6.10 Å². The average molecular weight is 515 g/mol. The fourth-order valence-electron chi connectivity index (χ4n) is 3.54. The Morgan fingerprint density at radius 3 is 2.33 bits per heavy atom. The summed E-state index contributed by atoms with van der Waals surface area (Å²) in [5.41, 5.74) is 8.42. The Morgan fingerprint density at radius 1 is 1.03 bits per heavy atom. The first-order valence-electron chi connectivity index (χ1n) is 12.1. The number of hydrogen-bond donors (Lipinski definition) is 4. The van der Waals surface area contributed by atoms with Gasteiger partial charge in [-0.25, -0.2) is 0 Å². The van der Waals surface area contributed by atoms with Crippen molar-refractivity contribution in [1.29, 1.82) is 0 Å². The fourth-order valence-corrected chi connectivity index (χ4v) is 4.23. The van der Waals surface area contributed by atoms with Gasteiger partial charge >= 0.3 is 0 Å². The molecule has 0 unspecified atom stereocenters. The molecule has 0 fully saturated rings. The lowest BCUT2D eigenvalue weighted by molar-refractivity contribution is -0.144. The van der Waals surface area contributed by atoms with Crippen LogP contribution in [-0.4, -0.2) is 64.1 Å². The van der Waals surface area contributed by atoms with Crippen LogP contribution in [0.4, 0.5) is 0 Å². The first kappa shape index (κ1) is 29.4. The molecule has 0 aromatic heterocycles. The van der Waals surface area contributed by atoms with Gasteiger partial charge in [0.1, 0.15) is 6.54 Å². The van der Waals surface area contributed by atoms with Crippen LogP contribution in [0.3, 0.4) is 0 Å². The van der Waals surface area contributed by atoms with E-state index in [9.17, 15) is 19.5 Å². The highest BCUT2D eigenvalue weighted by molar-refractivity contribution is 7.99. The van der Waals surface area contributed by atoms with Crippen LogP contribution in [-0.2, 0) is 27.3 Å². The molecule has 2 aromatic carbocycles. The maximum absolute atomic E-state index is 13.4. The molecule has 0 saturated heterocycles. The number of thioether (sulfide) groups is 1. The normalized spacial score (nSPS) is 12.6. The fraction of sp³-hybridized carbons (Fsp3) is 0.444. The summed E-state index contributed by atoms with van der Waals surface area (Å²) in [5, 5.41) is 16.9. The van der Waals surface area contributed by atoms with Crippen LogP contribution in [0.2, 0.25) is 0 Å². The molecule has 0 aliphatic heterocycles. The van der Waals surface area contributed by atoms with Crippen LogP contribution in [0.15, 0.2) is 54.6 Å². The Balaban J connectivity index is 2.14. The lowest BCUT2D eigenvalue weighted by Gasteiger charge is -2.29. The number of aryl methyl sites for hydroxylation is 1. The van der Waals surface area contributed by atoms with Gasteiger partial charge in [0.05, 0.1) is 11.9 Å². The molecule has 2 atom stereocenters. The van der Waals surface area contributed by atoms with Gasteiger partial charge in [-0.1, -0.05) is 68.4 Å². The van der Waals surface area contributed by atoms with E-state index in [0.717, 1.165) is 16.7 Å². The zero-order chi connectivity index (χ0) is 26.5. The number of nitrogens with one attached hydrogen (secondary N) is 2. The number of benzene rings is 2. The predicted molar refractivity (Wildman–Crippen MR) is 144 cm³/mol. The Labute approximate surface area is 218 Å². The summed E-state index contributed by atoms with van der Waals surface area (Å²) in [6.07, 6.45) is -1.18. The van der Waals surface area contributed by atoms with Crippen LogP contribution in [0, 0.1) is 6.92 Å². The highest BCUT2D eigenvalue weighted by Crippen LogP contribution is 2.15. The van der Waals surface area contributed by atoms with Crippen LogP contribution in [0.5, 0.6) is 0 Å². The number of nitrogens with zero attached hydrogens (tertiary/aromatic N) is 1. The Bertz CT molecular complexity index is 987. The van der Waals surface area contributed by atoms with E-state index in [1.54, 1.807) is 0 Å². The van der Waals surface area contributed by atoms with Gasteiger partial charge in [0.2, 0.25) is 11.8 Å². The monoisotopic (exact) mass is 514 g/mol. The van der Waals surface area contributed by atoms with Crippen molar-refractivity contribution in [3.05, 3.63) is 71.3 Å². The number of rotatable bonds is 14. The molecule has 0 radical (unpaired) electrons. The second-order valence-electron chi connectivity index (χ2n) is 8.93. The van der Waals surface area contributed by atoms with Crippen molar-refractivity contribution in [2.24, 2.45) is 5.73 Å². The van der Waals surface area contributed by atoms with Gasteiger partial charge in [-0.05, 0) is 30.0 Å². The number of amides is 3. The van der Waals surface area contributed by atoms with E-state index < -0.39 is 18.1 Å². The van der Waals surface area contributed by atoms with Gasteiger partial charge in [-0.3, -0.25) is 14.4 Å². The Hall–Kier alpha value is -2.88. The summed E-state index contributed by atoms with van der Waals surface area (Å²) in [4.78, 5) is 39.8. The Kier molecular flexibility index (Phi) is 12.5. The zero-order valence-electron chi connectivity index (χ0n) is 21.3. The highest BCUT2D eigenvalue weighted by atomic mass is 32.2. The number of carbonyl (C=O) groups is 3. The predicted octanol–water partition coefficient (Wildman–Crippen LogP) is 1.98. The molecule has 0 spiro atoms. The summed E-state index contributed by atoms with van der Waals surface area (Å²) in [6.45, 7) is 6.26. The van der Waals surface area contributed by atoms with Crippen LogP contribution in [0.1, 0.15) is 37.0 Å². The summed E-state index contributed by atoms with van der Waals surface area (Å²) in [5.74, 6) is -1.04. The smallest absolute Gasteiger partial charge is 0.254 e. The molecule has 0 heterocycles. The molecule has 0 aliphatic carbocycles. The quantitative estimate of drug-likeness (QED) is 0.286. The lowest BCUT2D eigenvalue weighted by atomic mass is 10.00. The molecule has 5 N–H and O–H groups in total. The van der Waals surface area contributed by atoms with Crippen LogP contribution in [0.25, 0.3) is 0 Å². The first-order chi connectivity index (χ1) is 17.2. The van der Waals surface area contributed by atoms with Crippen molar-refractivity contribution in [3.63, 3.8) is 0 Å². The minimum absolute atomic E-state index is 0.0838. The molecule has 3 amide bonds. The van der Waals surface area contributed by atoms with Crippen molar-refractivity contribution < 1.29 is 19.5 Å². The molecule has 36 heavy (non-hydrogen) atoms. The van der Waals surface area contributed by atoms with Crippen LogP contribution >= 0.6 is 11.8 Å². The van der Waals surface area contributed by atoms with Crippen molar-refractivity contribution >= 4 is 29.5 Å². The Morgan fingerprint density at radius 2 is 1.69 bits per heavy atom. The molecule has 0 bridgehead atoms. The van der Waals surface area contributed by atoms with E-state index in [0.29, 0.717) is 6.54 Å². The van der Waals surface area contributed by atoms with Crippen LogP contribution < -0.4 is 16.4 Å². The second kappa shape index (κ2) is 15.3. The van der Waals surface area contributed by atoms with Gasteiger partial charge in [0, 0.05) is 24.8 Å². The summed E-state index contributed by atoms with van der Waals surface area (Å²) in [7, 11) is 0. The number of nitrogens with two attached hydrogens (primary N) is 1. The minimum atomic E-state index is -1.52. The molecular weight excluding hydrogens is 476 g/mol. The summed E-state index contributed by atoms with van der Waals surface area (Å²) >= 11 is 1.49. The minimum Gasteiger partial charge on any atom is -0.381 e. The third-order valence-corrected chi connectivity index (χ3v) is 6.72. The largest absolute Gasteiger partial charge is 0.381 e. The second-order valence-corrected chi connectivity index (χ2v) is 10.5. The average Bonchev–Trinajstić information content (AvgIpc) is 2.85. The van der Waals surface area contributed by atoms with Crippen molar-refractivity contribution in [1.82, 2.24) is 15.5 Å². The molecule has 2 rings (SSSR count). The molecule has 196 valence electrons. The molecular formula is C27H38N4O4S. The molecule has 9 heteroatoms. The summed E-state index contributed by atoms with van der Waals surface area (Å²) in [6, 6.07) is 16.2. The number of hydrogen-bond acceptors (Lipinski definition) is 6. The van der Waals surface area contributed by atoms with E-state index in [1.807, 2.05) is 75.4 Å². The molecule has 0 saturated carbocycles. The topological polar surface area (TPSA) is 125 Å². The van der Waals surface area contributed by atoms with Gasteiger partial charge < -0.3 is 26.4 Å². The lowest BCUT2D eigenvalue weighted by Crippen LogP contribution is -2.54. The van der Waals surface area contributed by atoms with E-state index in [4.69, 9.17) is 5.73 Å². The number of carbonyl (C=O) groups excluding carboxylic acids is 3. The highest BCUT2D eigenvalue weighted by Gasteiger charge is 2.32. The number of aliphatic hydroxyl groups excluding tert-OH is 1. The third-order valence-electron chi connectivity index (χ3n) is 5.60. The van der Waals surface area contributed by atoms with Crippen molar-refractivity contribution in [3.8, 4) is 0 Å². The SMILES string of the molecule is Cc1ccccc1CNC(=O)CN(CSC(C)C)C(=O)[C@@H](O)[C@H](Cc1ccccc1)NC(=O)CCN. The van der Waals surface area contributed by atoms with Gasteiger partial charge in [-0.2, -0.15) is 0 Å². The standard InChI is InChI=1S/C27H38N4O4S/c1-19(2)36-18-31(17-25(33)29-16-22-12-8-7-9-20(22)3)27(35)26(34)23(30-24(32)13-14-28)15-21-10-5-4-6-11-21/h4-12,19,23,26,34H,13-18,28H2,1-3H3,(H,29,33)(H,30,32)/t23-,26-/m0/s1. The number of aliphatic hydroxyl groups is 1. The van der Waals surface area contributed by atoms with Gasteiger partial charge in [-0.15, -0.1) is 11.8 Å². The summed E-state index contributed by atoms with van der Waals surface area (Å²) < 4.78 is 0. The van der Waals surface area contributed by atoms with Crippen molar-refractivity contribution in [2.45, 2.75) is 57.6 Å². The first-order valence-corrected chi connectivity index (χ1v) is 13.2. The van der Waals surface area contributed by atoms with Crippen molar-refractivity contribution in [2.75, 3.05) is 19.0 Å². The third kappa shape index (κ3) is 10.0. The molecule has 2 aromatic rings. The molecule has 0 aliphatic rings. The van der Waals surface area contributed by atoms with Gasteiger partial charge in [0.25, 0.3) is 5.91 Å². The van der Waals surface area contributed by atoms with E-state index in [2.05, 4.69) is 10.6 Å². The van der Waals surface area contributed by atoms with E-state index >= 15 is 0 Å². The van der Waals surface area contributed by atoms with E-state index in [1.165, 1.54) is 16.7 Å². The van der Waals surface area contributed by atoms with E-state index in [-0.39, 0.29) is 48.9 Å². The molecule has 8 nitrogen and oxygen atoms in total. The maximum Gasteiger partial charge on any atom is 0.254 e. The zero-order valence-corrected chi connectivity index (χ0v) is 22.1.